The molecule has 2 saturated heterocycles. The average Bonchev–Trinajstić information content (AvgIpc) is 3.08. The highest BCUT2D eigenvalue weighted by atomic mass is 19.4. The van der Waals surface area contributed by atoms with E-state index in [0.717, 1.165) is 11.0 Å². The molecule has 0 radical (unpaired) electrons. The van der Waals surface area contributed by atoms with Crippen LogP contribution in [0.1, 0.15) is 12.0 Å². The molecule has 1 aromatic carbocycles. The van der Waals surface area contributed by atoms with Gasteiger partial charge in [-0.1, -0.05) is 6.08 Å². The number of likely N-dealkylation sites (tertiary alicyclic amines) is 1. The lowest BCUT2D eigenvalue weighted by atomic mass is 10.1. The van der Waals surface area contributed by atoms with Crippen LogP contribution in [0.25, 0.3) is 0 Å². The lowest BCUT2D eigenvalue weighted by Gasteiger charge is -2.30. The van der Waals surface area contributed by atoms with Crippen LogP contribution in [0.4, 0.5) is 29.3 Å². The highest BCUT2D eigenvalue weighted by molar-refractivity contribution is 5.95. The molecule has 3 rings (SSSR count). The minimum atomic E-state index is -4.65. The Morgan fingerprint density at radius 1 is 1.33 bits per heavy atom. The predicted octanol–water partition coefficient (Wildman–Crippen LogP) is 2.79. The first-order chi connectivity index (χ1) is 14.2. The number of carbonyl (C=O) groups is 2. The van der Waals surface area contributed by atoms with Crippen molar-refractivity contribution in [2.45, 2.75) is 18.6 Å². The second-order valence-corrected chi connectivity index (χ2v) is 7.25. The number of amides is 3. The zero-order chi connectivity index (χ0) is 21.9. The van der Waals surface area contributed by atoms with E-state index in [2.05, 4.69) is 11.9 Å². The summed E-state index contributed by atoms with van der Waals surface area (Å²) >= 11 is 0. The number of nitrogens with zero attached hydrogens (tertiary/aromatic N) is 3. The van der Waals surface area contributed by atoms with Gasteiger partial charge in [-0.25, -0.2) is 4.79 Å². The quantitative estimate of drug-likeness (QED) is 0.736. The van der Waals surface area contributed by atoms with E-state index in [1.54, 1.807) is 17.0 Å². The molecule has 0 saturated carbocycles. The first-order valence-corrected chi connectivity index (χ1v) is 9.70. The van der Waals surface area contributed by atoms with Crippen LogP contribution in [-0.2, 0) is 15.7 Å². The first-order valence-electron chi connectivity index (χ1n) is 9.70. The Morgan fingerprint density at radius 3 is 2.67 bits per heavy atom. The van der Waals surface area contributed by atoms with E-state index in [4.69, 9.17) is 4.74 Å². The van der Waals surface area contributed by atoms with E-state index in [-0.39, 0.29) is 11.6 Å². The third-order valence-electron chi connectivity index (χ3n) is 5.33. The Bertz CT molecular complexity index is 809. The second kappa shape index (κ2) is 8.95. The second-order valence-electron chi connectivity index (χ2n) is 7.25. The molecular formula is C20H25F3N4O3. The van der Waals surface area contributed by atoms with Crippen LogP contribution in [-0.4, -0.2) is 74.2 Å². The van der Waals surface area contributed by atoms with Crippen molar-refractivity contribution < 1.29 is 27.5 Å². The van der Waals surface area contributed by atoms with Crippen LogP contribution in [0.3, 0.4) is 0 Å². The number of hydrogen-bond donors (Lipinski definition) is 1. The summed E-state index contributed by atoms with van der Waals surface area (Å²) in [7, 11) is 1.41. The highest BCUT2D eigenvalue weighted by Crippen LogP contribution is 2.37. The van der Waals surface area contributed by atoms with Crippen molar-refractivity contribution in [3.63, 3.8) is 0 Å². The van der Waals surface area contributed by atoms with E-state index in [1.807, 2.05) is 4.90 Å². The Kier molecular flexibility index (Phi) is 6.55. The fourth-order valence-corrected chi connectivity index (χ4v) is 3.66. The van der Waals surface area contributed by atoms with E-state index in [1.165, 1.54) is 13.1 Å². The predicted molar refractivity (Wildman–Crippen MR) is 106 cm³/mol. The van der Waals surface area contributed by atoms with Gasteiger partial charge in [0.15, 0.2) is 0 Å². The van der Waals surface area contributed by atoms with Crippen LogP contribution in [0.2, 0.25) is 0 Å². The molecule has 1 atom stereocenters. The number of hydrogen-bond acceptors (Lipinski definition) is 4. The lowest BCUT2D eigenvalue weighted by Crippen LogP contribution is -2.45. The van der Waals surface area contributed by atoms with Crippen molar-refractivity contribution in [3.8, 4) is 0 Å². The molecule has 0 unspecified atom stereocenters. The minimum Gasteiger partial charge on any atom is -0.378 e. The van der Waals surface area contributed by atoms with Gasteiger partial charge in [0.2, 0.25) is 5.91 Å². The van der Waals surface area contributed by atoms with Crippen molar-refractivity contribution in [2.75, 3.05) is 56.7 Å². The topological polar surface area (TPSA) is 65.1 Å². The molecule has 0 spiro atoms. The monoisotopic (exact) mass is 426 g/mol. The normalized spacial score (nSPS) is 19.7. The molecule has 1 N–H and O–H groups in total. The summed E-state index contributed by atoms with van der Waals surface area (Å²) in [5.74, 6) is -0.244. The van der Waals surface area contributed by atoms with E-state index in [0.29, 0.717) is 51.5 Å². The Hall–Kier alpha value is -2.75. The summed E-state index contributed by atoms with van der Waals surface area (Å²) in [6.07, 6.45) is -2.64. The van der Waals surface area contributed by atoms with Gasteiger partial charge in [-0.2, -0.15) is 13.2 Å². The average molecular weight is 426 g/mol. The number of urea groups is 1. The molecule has 2 aliphatic heterocycles. The zero-order valence-electron chi connectivity index (χ0n) is 16.7. The molecule has 0 aromatic heterocycles. The summed E-state index contributed by atoms with van der Waals surface area (Å²) in [5, 5.41) is 2.32. The Balaban J connectivity index is 1.77. The number of carbonyl (C=O) groups excluding carboxylic acids is 2. The maximum absolute atomic E-state index is 13.7. The molecular weight excluding hydrogens is 401 g/mol. The maximum atomic E-state index is 13.7. The van der Waals surface area contributed by atoms with Crippen LogP contribution >= 0.6 is 0 Å². The van der Waals surface area contributed by atoms with Gasteiger partial charge in [0.25, 0.3) is 0 Å². The number of alkyl halides is 3. The Morgan fingerprint density at radius 2 is 2.03 bits per heavy atom. The van der Waals surface area contributed by atoms with Crippen molar-refractivity contribution in [2.24, 2.45) is 0 Å². The minimum absolute atomic E-state index is 0.244. The van der Waals surface area contributed by atoms with Crippen molar-refractivity contribution in [1.29, 1.82) is 0 Å². The van der Waals surface area contributed by atoms with Gasteiger partial charge >= 0.3 is 12.2 Å². The van der Waals surface area contributed by atoms with Crippen molar-refractivity contribution in [1.82, 2.24) is 9.80 Å². The summed E-state index contributed by atoms with van der Waals surface area (Å²) in [5.41, 5.74) is -0.855. The molecule has 10 heteroatoms. The molecule has 0 aliphatic carbocycles. The zero-order valence-corrected chi connectivity index (χ0v) is 16.7. The highest BCUT2D eigenvalue weighted by Gasteiger charge is 2.38. The fourth-order valence-electron chi connectivity index (χ4n) is 3.66. The van der Waals surface area contributed by atoms with Crippen molar-refractivity contribution in [3.05, 3.63) is 36.4 Å². The Labute approximate surface area is 173 Å². The molecule has 164 valence electrons. The maximum Gasteiger partial charge on any atom is 0.418 e. The van der Waals surface area contributed by atoms with Crippen LogP contribution < -0.4 is 10.2 Å². The number of benzene rings is 1. The molecule has 2 fully saturated rings. The number of halogens is 3. The number of likely N-dealkylation sites (N-methyl/N-ethyl adjacent to an activating group) is 1. The van der Waals surface area contributed by atoms with Crippen molar-refractivity contribution >= 4 is 23.3 Å². The van der Waals surface area contributed by atoms with E-state index >= 15 is 0 Å². The van der Waals surface area contributed by atoms with Gasteiger partial charge in [-0.05, 0) is 24.6 Å². The van der Waals surface area contributed by atoms with Crippen LogP contribution in [0.5, 0.6) is 0 Å². The summed E-state index contributed by atoms with van der Waals surface area (Å²) in [6.45, 7) is 6.31. The first kappa shape index (κ1) is 21.9. The fraction of sp³-hybridized carbons (Fsp3) is 0.500. The molecule has 2 aliphatic rings. The largest absolute Gasteiger partial charge is 0.418 e. The van der Waals surface area contributed by atoms with Gasteiger partial charge < -0.3 is 24.8 Å². The van der Waals surface area contributed by atoms with Crippen LogP contribution in [0, 0.1) is 0 Å². The SMILES string of the molecule is C=CCN1CC[C@H](N(C)C(=O)Nc2ccc(N3CCOCC3)cc2C(F)(F)F)C1=O. The van der Waals surface area contributed by atoms with Gasteiger partial charge in [-0.15, -0.1) is 6.58 Å². The summed E-state index contributed by atoms with van der Waals surface area (Å²) in [6, 6.07) is 2.35. The van der Waals surface area contributed by atoms with Gasteiger partial charge in [-0.3, -0.25) is 4.79 Å². The smallest absolute Gasteiger partial charge is 0.378 e. The molecule has 3 amide bonds. The number of rotatable bonds is 5. The number of ether oxygens (including phenoxy) is 1. The molecule has 7 nitrogen and oxygen atoms in total. The van der Waals surface area contributed by atoms with Gasteiger partial charge in [0.05, 0.1) is 24.5 Å². The molecule has 30 heavy (non-hydrogen) atoms. The molecule has 1 aromatic rings. The third-order valence-corrected chi connectivity index (χ3v) is 5.33. The number of anilines is 2. The molecule has 0 bridgehead atoms. The van der Waals surface area contributed by atoms with E-state index < -0.39 is 23.8 Å². The third kappa shape index (κ3) is 4.69. The summed E-state index contributed by atoms with van der Waals surface area (Å²) in [4.78, 5) is 29.5. The molecule has 2 heterocycles. The van der Waals surface area contributed by atoms with E-state index in [9.17, 15) is 22.8 Å². The van der Waals surface area contributed by atoms with Crippen LogP contribution in [0.15, 0.2) is 30.9 Å². The number of nitrogens with one attached hydrogen (secondary N) is 1. The number of morpholine rings is 1. The van der Waals surface area contributed by atoms with Gasteiger partial charge in [0.1, 0.15) is 6.04 Å². The van der Waals surface area contributed by atoms with Gasteiger partial charge in [0, 0.05) is 38.9 Å². The summed E-state index contributed by atoms with van der Waals surface area (Å²) < 4.78 is 46.2. The lowest BCUT2D eigenvalue weighted by molar-refractivity contribution is -0.137. The standard InChI is InChI=1S/C20H25F3N4O3/c1-3-7-27-8-6-17(18(27)28)25(2)19(29)24-16-5-4-14(13-15(16)20(21,22)23)26-9-11-30-12-10-26/h3-5,13,17H,1,6-12H2,2H3,(H,24,29)/t17-/m0/s1.